The van der Waals surface area contributed by atoms with E-state index >= 15 is 0 Å². The van der Waals surface area contributed by atoms with Crippen LogP contribution < -0.4 is 14.5 Å². The normalized spacial score (nSPS) is 15.1. The Kier molecular flexibility index (Phi) is 10.6. The van der Waals surface area contributed by atoms with Gasteiger partial charge in [-0.1, -0.05) is 171 Å². The van der Waals surface area contributed by atoms with E-state index in [1.807, 2.05) is 6.20 Å². The molecule has 0 fully saturated rings. The van der Waals surface area contributed by atoms with Gasteiger partial charge in [0.2, 0.25) is 0 Å². The number of anilines is 3. The largest absolute Gasteiger partial charge is 0.457 e. The zero-order valence-electron chi connectivity index (χ0n) is 41.3. The van der Waals surface area contributed by atoms with Crippen molar-refractivity contribution in [3.05, 3.63) is 222 Å². The lowest BCUT2D eigenvalue weighted by Crippen LogP contribution is -2.44. The molecule has 0 bridgehead atoms. The molecule has 0 unspecified atom stereocenters. The molecular formula is C62H60BN5O. The Morgan fingerprint density at radius 1 is 0.522 bits per heavy atom. The number of nitrogens with zero attached hydrogens (tertiary/aromatic N) is 5. The van der Waals surface area contributed by atoms with Crippen LogP contribution in [0.1, 0.15) is 90.1 Å². The minimum Gasteiger partial charge on any atom is -0.457 e. The van der Waals surface area contributed by atoms with E-state index in [4.69, 9.17) is 9.72 Å². The highest BCUT2D eigenvalue weighted by atomic mass is 16.5. The van der Waals surface area contributed by atoms with Gasteiger partial charge in [-0.05, 0) is 104 Å². The molecule has 6 aromatic carbocycles. The van der Waals surface area contributed by atoms with Crippen LogP contribution in [0.4, 0.5) is 17.1 Å². The van der Waals surface area contributed by atoms with E-state index in [0.717, 1.165) is 56.6 Å². The topological polar surface area (TPSA) is 36.8 Å². The third kappa shape index (κ3) is 8.14. The maximum Gasteiger partial charge on any atom is 0.314 e. The van der Waals surface area contributed by atoms with Crippen LogP contribution in [0.2, 0.25) is 0 Å². The number of allylic oxidation sites excluding steroid dienone is 4. The average Bonchev–Trinajstić information content (AvgIpc) is 3.89. The number of aromatic nitrogens is 2. The molecule has 0 radical (unpaired) electrons. The first-order valence-corrected chi connectivity index (χ1v) is 24.3. The van der Waals surface area contributed by atoms with Crippen LogP contribution in [-0.2, 0) is 16.2 Å². The van der Waals surface area contributed by atoms with Crippen LogP contribution in [-0.4, -0.2) is 27.9 Å². The van der Waals surface area contributed by atoms with Gasteiger partial charge in [0.15, 0.2) is 0 Å². The molecule has 0 saturated carbocycles. The van der Waals surface area contributed by atoms with Crippen LogP contribution in [0.15, 0.2) is 194 Å². The van der Waals surface area contributed by atoms with Crippen molar-refractivity contribution in [2.75, 3.05) is 16.5 Å². The SMILES string of the molecule is CC(C)(C)c1ccc(C2=CN3B(C=C2)C=CC(c2ccc(C(C)(C)C)cc2)=C3N2CN(c3cccc(Oc4ccc5c6ccccc6n(-c6cc(C(C)(C)C)ccn6)c5c4)c3)c3ccccc32)cc1. The quantitative estimate of drug-likeness (QED) is 0.149. The molecule has 0 N–H and O–H groups in total. The summed E-state index contributed by atoms with van der Waals surface area (Å²) in [7, 11) is 0. The van der Waals surface area contributed by atoms with Crippen LogP contribution in [0.5, 0.6) is 11.5 Å². The molecule has 3 aliphatic rings. The van der Waals surface area contributed by atoms with E-state index in [1.54, 1.807) is 0 Å². The Balaban J connectivity index is 0.969. The van der Waals surface area contributed by atoms with Gasteiger partial charge >= 0.3 is 6.85 Å². The maximum atomic E-state index is 6.83. The number of hydrogen-bond donors (Lipinski definition) is 0. The van der Waals surface area contributed by atoms with Crippen LogP contribution in [0.3, 0.4) is 0 Å². The number of fused-ring (bicyclic) bond motifs is 5. The zero-order valence-corrected chi connectivity index (χ0v) is 41.3. The van der Waals surface area contributed by atoms with Gasteiger partial charge in [-0.2, -0.15) is 0 Å². The van der Waals surface area contributed by atoms with Gasteiger partial charge in [-0.25, -0.2) is 4.98 Å². The number of rotatable bonds is 7. The number of ether oxygens (including phenoxy) is 1. The molecule has 0 saturated heterocycles. The Morgan fingerprint density at radius 3 is 1.86 bits per heavy atom. The lowest BCUT2D eigenvalue weighted by Gasteiger charge is -2.40. The van der Waals surface area contributed by atoms with E-state index in [0.29, 0.717) is 6.67 Å². The molecule has 11 rings (SSSR count). The third-order valence-electron chi connectivity index (χ3n) is 14.0. The van der Waals surface area contributed by atoms with Crippen molar-refractivity contribution in [1.82, 2.24) is 14.4 Å². The lowest BCUT2D eigenvalue weighted by atomic mass is 9.56. The van der Waals surface area contributed by atoms with Crippen LogP contribution in [0.25, 0.3) is 38.8 Å². The molecule has 0 aliphatic carbocycles. The smallest absolute Gasteiger partial charge is 0.314 e. The summed E-state index contributed by atoms with van der Waals surface area (Å²) < 4.78 is 9.09. The van der Waals surface area contributed by atoms with Crippen molar-refractivity contribution in [1.29, 1.82) is 0 Å². The summed E-state index contributed by atoms with van der Waals surface area (Å²) in [6.45, 7) is 21.0. The Labute approximate surface area is 408 Å². The number of pyridine rings is 1. The summed E-state index contributed by atoms with van der Waals surface area (Å²) in [5, 5.41) is 2.34. The van der Waals surface area contributed by atoms with Gasteiger partial charge in [-0.3, -0.25) is 4.57 Å². The second-order valence-corrected chi connectivity index (χ2v) is 21.9. The fourth-order valence-corrected chi connectivity index (χ4v) is 10.1. The summed E-state index contributed by atoms with van der Waals surface area (Å²) in [5.41, 5.74) is 14.3. The minimum absolute atomic E-state index is 0.0130. The van der Waals surface area contributed by atoms with Gasteiger partial charge < -0.3 is 19.3 Å². The molecule has 0 amide bonds. The van der Waals surface area contributed by atoms with Gasteiger partial charge in [0.05, 0.1) is 22.4 Å². The second kappa shape index (κ2) is 16.6. The van der Waals surface area contributed by atoms with Crippen molar-refractivity contribution in [3.8, 4) is 17.3 Å². The Hall–Kier alpha value is -7.51. The second-order valence-electron chi connectivity index (χ2n) is 21.9. The summed E-state index contributed by atoms with van der Waals surface area (Å²) in [6.07, 6.45) is 8.89. The molecule has 8 aromatic rings. The average molecular weight is 902 g/mol. The van der Waals surface area contributed by atoms with E-state index < -0.39 is 0 Å². The first kappa shape index (κ1) is 44.0. The lowest BCUT2D eigenvalue weighted by molar-refractivity contribution is 0.483. The highest BCUT2D eigenvalue weighted by Crippen LogP contribution is 2.47. The van der Waals surface area contributed by atoms with Gasteiger partial charge in [0, 0.05) is 46.6 Å². The predicted octanol–water partition coefficient (Wildman–Crippen LogP) is 15.7. The molecular weight excluding hydrogens is 842 g/mol. The highest BCUT2D eigenvalue weighted by molar-refractivity contribution is 6.68. The zero-order chi connectivity index (χ0) is 47.8. The van der Waals surface area contributed by atoms with Crippen LogP contribution >= 0.6 is 0 Å². The van der Waals surface area contributed by atoms with Gasteiger partial charge in [-0.15, -0.1) is 0 Å². The fraction of sp³-hybridized carbons (Fsp3) is 0.210. The maximum absolute atomic E-state index is 6.83. The molecule has 3 aliphatic heterocycles. The standard InChI is InChI=1S/C62H60BN5O/c1-60(2,3)45-25-21-42(22-26-45)44-31-34-63-35-32-51(43-23-27-46(28-24-43)61(4,5)6)59(67(63)40-44)66-41-65(55-19-12-13-20-56(55)66)48-15-14-16-49(38-48)69-50-29-30-53-52-17-10-11-18-54(52)68(57(53)39-50)58-37-47(33-36-64-58)62(7,8)9/h10-40H,41H2,1-9H3. The summed E-state index contributed by atoms with van der Waals surface area (Å²) >= 11 is 0. The van der Waals surface area contributed by atoms with E-state index in [2.05, 4.69) is 263 Å². The molecule has 0 atom stereocenters. The summed E-state index contributed by atoms with van der Waals surface area (Å²) in [4.78, 5) is 12.3. The monoisotopic (exact) mass is 901 g/mol. The highest BCUT2D eigenvalue weighted by Gasteiger charge is 2.37. The summed E-state index contributed by atoms with van der Waals surface area (Å²) in [5.74, 6) is 8.24. The van der Waals surface area contributed by atoms with Gasteiger partial charge in [0.25, 0.3) is 0 Å². The molecule has 0 spiro atoms. The third-order valence-corrected chi connectivity index (χ3v) is 14.0. The number of benzene rings is 6. The molecule has 6 nitrogen and oxygen atoms in total. The predicted molar refractivity (Wildman–Crippen MR) is 291 cm³/mol. The molecule has 2 aromatic heterocycles. The minimum atomic E-state index is -0.0130. The molecule has 7 heteroatoms. The molecule has 5 heterocycles. The first-order valence-electron chi connectivity index (χ1n) is 24.3. The summed E-state index contributed by atoms with van der Waals surface area (Å²) in [6, 6.07) is 54.9. The van der Waals surface area contributed by atoms with E-state index in [-0.39, 0.29) is 23.1 Å². The van der Waals surface area contributed by atoms with Gasteiger partial charge in [0.1, 0.15) is 29.8 Å². The van der Waals surface area contributed by atoms with Crippen LogP contribution in [0, 0.1) is 0 Å². The van der Waals surface area contributed by atoms with E-state index in [9.17, 15) is 0 Å². The number of hydrogen-bond acceptors (Lipinski definition) is 5. The number of para-hydroxylation sites is 3. The van der Waals surface area contributed by atoms with Crippen molar-refractivity contribution in [2.24, 2.45) is 0 Å². The van der Waals surface area contributed by atoms with Crippen molar-refractivity contribution >= 4 is 56.9 Å². The Morgan fingerprint density at radius 2 is 1.14 bits per heavy atom. The van der Waals surface area contributed by atoms with Crippen molar-refractivity contribution < 1.29 is 4.74 Å². The van der Waals surface area contributed by atoms with Crippen molar-refractivity contribution in [2.45, 2.75) is 78.6 Å². The molecule has 342 valence electrons. The first-order chi connectivity index (χ1) is 33.1. The Bertz CT molecular complexity index is 3410. The fourth-order valence-electron chi connectivity index (χ4n) is 10.1. The van der Waals surface area contributed by atoms with Crippen molar-refractivity contribution in [3.63, 3.8) is 0 Å². The molecule has 69 heavy (non-hydrogen) atoms. The van der Waals surface area contributed by atoms with E-state index in [1.165, 1.54) is 44.3 Å².